The fourth-order valence-corrected chi connectivity index (χ4v) is 5.70. The Morgan fingerprint density at radius 1 is 0.795 bits per heavy atom. The summed E-state index contributed by atoms with van der Waals surface area (Å²) >= 11 is 6.48. The van der Waals surface area contributed by atoms with Crippen LogP contribution in [0.4, 0.5) is 0 Å². The molecule has 1 atom stereocenters. The zero-order chi connectivity index (χ0) is 26.4. The van der Waals surface area contributed by atoms with Gasteiger partial charge in [-0.05, 0) is 37.0 Å². The summed E-state index contributed by atoms with van der Waals surface area (Å²) in [6, 6.07) is 21.8. The summed E-state index contributed by atoms with van der Waals surface area (Å²) in [7, 11) is 0. The normalized spacial score (nSPS) is 18.9. The van der Waals surface area contributed by atoms with E-state index in [1.54, 1.807) is 0 Å². The Morgan fingerprint density at radius 3 is 2.41 bits per heavy atom. The second-order valence-corrected chi connectivity index (χ2v) is 10.7. The Balaban J connectivity index is 1.39. The van der Waals surface area contributed by atoms with Gasteiger partial charge in [-0.3, -0.25) is 0 Å². The van der Waals surface area contributed by atoms with Gasteiger partial charge in [-0.15, -0.1) is 0 Å². The van der Waals surface area contributed by atoms with Crippen LogP contribution in [-0.4, -0.2) is 15.0 Å². The van der Waals surface area contributed by atoms with E-state index >= 15 is 0 Å². The van der Waals surface area contributed by atoms with Crippen molar-refractivity contribution in [3.8, 4) is 22.8 Å². The molecule has 0 spiro atoms. The lowest BCUT2D eigenvalue weighted by molar-refractivity contribution is 0.526. The molecule has 5 aromatic rings. The molecule has 39 heavy (non-hydrogen) atoms. The summed E-state index contributed by atoms with van der Waals surface area (Å²) < 4.78 is 6.15. The molecule has 0 amide bonds. The highest BCUT2D eigenvalue weighted by Crippen LogP contribution is 2.41. The lowest BCUT2D eigenvalue weighted by atomic mass is 9.74. The van der Waals surface area contributed by atoms with Crippen LogP contribution in [0.2, 0.25) is 5.02 Å². The topological polar surface area (TPSA) is 51.8 Å². The molecule has 0 aliphatic heterocycles. The zero-order valence-corrected chi connectivity index (χ0v) is 22.3. The third kappa shape index (κ3) is 4.21. The van der Waals surface area contributed by atoms with Gasteiger partial charge >= 0.3 is 0 Å². The smallest absolute Gasteiger partial charge is 0.164 e. The van der Waals surface area contributed by atoms with Crippen LogP contribution in [0, 0.1) is 5.41 Å². The number of hydrogen-bond acceptors (Lipinski definition) is 4. The van der Waals surface area contributed by atoms with Crippen LogP contribution >= 0.6 is 11.6 Å². The van der Waals surface area contributed by atoms with E-state index in [2.05, 4.69) is 43.4 Å². The number of benzene rings is 3. The van der Waals surface area contributed by atoms with Crippen molar-refractivity contribution in [2.45, 2.75) is 26.2 Å². The second kappa shape index (κ2) is 9.48. The molecule has 3 aromatic carbocycles. The van der Waals surface area contributed by atoms with Gasteiger partial charge in [0, 0.05) is 32.9 Å². The van der Waals surface area contributed by atoms with Gasteiger partial charge < -0.3 is 4.42 Å². The van der Waals surface area contributed by atoms with Crippen LogP contribution < -0.4 is 0 Å². The molecule has 2 aliphatic carbocycles. The van der Waals surface area contributed by atoms with E-state index in [1.807, 2.05) is 66.7 Å². The number of furan rings is 1. The maximum Gasteiger partial charge on any atom is 0.164 e. The monoisotopic (exact) mass is 527 g/mol. The molecule has 0 radical (unpaired) electrons. The minimum Gasteiger partial charge on any atom is -0.454 e. The summed E-state index contributed by atoms with van der Waals surface area (Å²) in [5.74, 6) is 1.90. The number of hydrogen-bond donors (Lipinski definition) is 0. The minimum atomic E-state index is -0.0287. The van der Waals surface area contributed by atoms with Gasteiger partial charge in [-0.2, -0.15) is 0 Å². The molecule has 2 heterocycles. The van der Waals surface area contributed by atoms with E-state index in [4.69, 9.17) is 31.0 Å². The van der Waals surface area contributed by atoms with Crippen molar-refractivity contribution in [1.82, 2.24) is 15.0 Å². The Kier molecular flexibility index (Phi) is 5.79. The lowest BCUT2D eigenvalue weighted by Gasteiger charge is -2.30. The van der Waals surface area contributed by atoms with Crippen LogP contribution in [0.3, 0.4) is 0 Å². The Hall–Kier alpha value is -4.28. The second-order valence-electron chi connectivity index (χ2n) is 10.3. The fraction of sp³-hybridized carbons (Fsp3) is 0.147. The van der Waals surface area contributed by atoms with Gasteiger partial charge in [-0.25, -0.2) is 15.0 Å². The molecular formula is C34H26ClN3O. The van der Waals surface area contributed by atoms with Gasteiger partial charge in [0.2, 0.25) is 0 Å². The first-order valence-corrected chi connectivity index (χ1v) is 13.7. The molecule has 2 aromatic heterocycles. The van der Waals surface area contributed by atoms with Gasteiger partial charge in [0.05, 0.1) is 5.02 Å². The quantitative estimate of drug-likeness (QED) is 0.233. The van der Waals surface area contributed by atoms with Crippen LogP contribution in [0.25, 0.3) is 50.3 Å². The maximum atomic E-state index is 6.48. The van der Waals surface area contributed by atoms with E-state index in [9.17, 15) is 0 Å². The van der Waals surface area contributed by atoms with Crippen molar-refractivity contribution < 1.29 is 4.42 Å². The fourth-order valence-electron chi connectivity index (χ4n) is 5.49. The van der Waals surface area contributed by atoms with Crippen molar-refractivity contribution in [2.24, 2.45) is 5.41 Å². The van der Waals surface area contributed by atoms with Crippen molar-refractivity contribution in [1.29, 1.82) is 0 Å². The first-order chi connectivity index (χ1) is 19.1. The number of fused-ring (bicyclic) bond motifs is 3. The average molecular weight is 528 g/mol. The minimum absolute atomic E-state index is 0.0287. The molecule has 1 unspecified atom stereocenters. The number of para-hydroxylation sites is 1. The van der Waals surface area contributed by atoms with E-state index in [-0.39, 0.29) is 5.41 Å². The largest absolute Gasteiger partial charge is 0.454 e. The molecule has 0 saturated heterocycles. The molecule has 0 N–H and O–H groups in total. The molecule has 0 saturated carbocycles. The van der Waals surface area contributed by atoms with Crippen LogP contribution in [0.1, 0.15) is 32.0 Å². The number of aromatic nitrogens is 3. The van der Waals surface area contributed by atoms with E-state index in [0.717, 1.165) is 52.3 Å². The highest BCUT2D eigenvalue weighted by molar-refractivity contribution is 6.36. The standard InChI is InChI=1S/C34H26ClN3O/c1-34(24-12-6-3-7-13-24)20-18-23(19-21-34)32-36-31(22-10-4-2-5-11-22)37-33(38-32)26-15-9-17-28-29(26)25-14-8-16-27(35)30(25)39-28/h2,4-6,8-20H,3,7,21H2,1H3. The number of halogens is 1. The lowest BCUT2D eigenvalue weighted by Crippen LogP contribution is -2.18. The first kappa shape index (κ1) is 23.8. The summed E-state index contributed by atoms with van der Waals surface area (Å²) in [6.07, 6.45) is 16.7. The summed E-state index contributed by atoms with van der Waals surface area (Å²) in [5, 5.41) is 2.47. The van der Waals surface area contributed by atoms with Gasteiger partial charge in [0.1, 0.15) is 5.58 Å². The highest BCUT2D eigenvalue weighted by atomic mass is 35.5. The predicted octanol–water partition coefficient (Wildman–Crippen LogP) is 9.38. The third-order valence-electron chi connectivity index (χ3n) is 7.67. The molecule has 2 aliphatic rings. The molecule has 0 fully saturated rings. The highest BCUT2D eigenvalue weighted by Gasteiger charge is 2.27. The Morgan fingerprint density at radius 2 is 1.62 bits per heavy atom. The molecule has 4 nitrogen and oxygen atoms in total. The van der Waals surface area contributed by atoms with Gasteiger partial charge in [0.15, 0.2) is 23.1 Å². The Labute approximate surface area is 232 Å². The summed E-state index contributed by atoms with van der Waals surface area (Å²) in [6.45, 7) is 2.29. The van der Waals surface area contributed by atoms with Crippen molar-refractivity contribution in [3.05, 3.63) is 120 Å². The zero-order valence-electron chi connectivity index (χ0n) is 21.6. The molecule has 7 rings (SSSR count). The van der Waals surface area contributed by atoms with Crippen molar-refractivity contribution in [2.75, 3.05) is 0 Å². The van der Waals surface area contributed by atoms with Crippen molar-refractivity contribution in [3.63, 3.8) is 0 Å². The number of allylic oxidation sites excluding steroid dienone is 8. The molecule has 0 bridgehead atoms. The van der Waals surface area contributed by atoms with Crippen LogP contribution in [0.15, 0.2) is 113 Å². The SMILES string of the molecule is CC1(C2=CCCC=C2)C=CC(c2nc(-c3ccccc3)nc(-c3cccc4oc5c(Cl)cccc5c34)n2)=CC1. The van der Waals surface area contributed by atoms with Gasteiger partial charge in [0.25, 0.3) is 0 Å². The summed E-state index contributed by atoms with van der Waals surface area (Å²) in [4.78, 5) is 14.9. The van der Waals surface area contributed by atoms with E-state index in [1.165, 1.54) is 5.57 Å². The Bertz CT molecular complexity index is 1860. The van der Waals surface area contributed by atoms with Crippen molar-refractivity contribution >= 4 is 39.1 Å². The van der Waals surface area contributed by atoms with Gasteiger partial charge in [-0.1, -0.05) is 110 Å². The maximum absolute atomic E-state index is 6.48. The first-order valence-electron chi connectivity index (χ1n) is 13.3. The van der Waals surface area contributed by atoms with Crippen LogP contribution in [-0.2, 0) is 0 Å². The predicted molar refractivity (Wildman–Crippen MR) is 159 cm³/mol. The number of nitrogens with zero attached hydrogens (tertiary/aromatic N) is 3. The number of rotatable bonds is 4. The van der Waals surface area contributed by atoms with E-state index in [0.29, 0.717) is 28.1 Å². The van der Waals surface area contributed by atoms with E-state index < -0.39 is 0 Å². The third-order valence-corrected chi connectivity index (χ3v) is 7.97. The van der Waals surface area contributed by atoms with Crippen LogP contribution in [0.5, 0.6) is 0 Å². The molecule has 190 valence electrons. The average Bonchev–Trinajstić information content (AvgIpc) is 3.39. The summed E-state index contributed by atoms with van der Waals surface area (Å²) in [5.41, 5.74) is 5.59. The molecular weight excluding hydrogens is 502 g/mol. The molecule has 5 heteroatoms.